The molecule has 2 amide bonds. The average molecular weight is 394 g/mol. The molecule has 27 heavy (non-hydrogen) atoms. The highest BCUT2D eigenvalue weighted by Gasteiger charge is 2.26. The standard InChI is InChI=1S/C20H31N3O3S/c1-3-10-21-12-14(2)13-27(25,26)23-20(24)22-19-17-8-4-6-15(17)11-16-7-5-9-18(16)19/h11,14,21H,3-10,12-13H2,1-2H3,(H2,22,23,24). The lowest BCUT2D eigenvalue weighted by molar-refractivity contribution is 0.256. The van der Waals surface area contributed by atoms with Gasteiger partial charge >= 0.3 is 6.03 Å². The zero-order valence-electron chi connectivity index (χ0n) is 16.4. The first-order valence-corrected chi connectivity index (χ1v) is 11.7. The lowest BCUT2D eigenvalue weighted by Crippen LogP contribution is -2.39. The summed E-state index contributed by atoms with van der Waals surface area (Å²) in [7, 11) is -3.67. The first-order valence-electron chi connectivity index (χ1n) is 10.1. The van der Waals surface area contributed by atoms with Crippen LogP contribution >= 0.6 is 0 Å². The first kappa shape index (κ1) is 20.1. The molecule has 0 heterocycles. The summed E-state index contributed by atoms with van der Waals surface area (Å²) >= 11 is 0. The topological polar surface area (TPSA) is 87.3 Å². The van der Waals surface area contributed by atoms with E-state index in [0.717, 1.165) is 57.2 Å². The zero-order valence-corrected chi connectivity index (χ0v) is 17.2. The molecule has 0 aliphatic heterocycles. The smallest absolute Gasteiger partial charge is 0.316 e. The second kappa shape index (κ2) is 8.61. The number of anilines is 1. The third-order valence-corrected chi connectivity index (χ3v) is 6.89. The molecule has 0 saturated carbocycles. The molecule has 0 radical (unpaired) electrons. The number of amides is 2. The van der Waals surface area contributed by atoms with Crippen molar-refractivity contribution in [2.45, 2.75) is 58.8 Å². The van der Waals surface area contributed by atoms with Gasteiger partial charge in [-0.15, -0.1) is 0 Å². The van der Waals surface area contributed by atoms with E-state index >= 15 is 0 Å². The van der Waals surface area contributed by atoms with Crippen LogP contribution in [0.3, 0.4) is 0 Å². The third kappa shape index (κ3) is 5.02. The van der Waals surface area contributed by atoms with Crippen LogP contribution in [0.25, 0.3) is 0 Å². The number of carbonyl (C=O) groups is 1. The van der Waals surface area contributed by atoms with Gasteiger partial charge in [-0.25, -0.2) is 17.9 Å². The van der Waals surface area contributed by atoms with Gasteiger partial charge in [0.15, 0.2) is 0 Å². The molecular formula is C20H31N3O3S. The fraction of sp³-hybridized carbons (Fsp3) is 0.650. The Morgan fingerprint density at radius 2 is 1.74 bits per heavy atom. The Morgan fingerprint density at radius 1 is 1.11 bits per heavy atom. The molecule has 2 aliphatic carbocycles. The van der Waals surface area contributed by atoms with Gasteiger partial charge in [0.25, 0.3) is 0 Å². The van der Waals surface area contributed by atoms with Gasteiger partial charge in [0, 0.05) is 5.69 Å². The molecular weight excluding hydrogens is 362 g/mol. The molecule has 1 atom stereocenters. The highest BCUT2D eigenvalue weighted by molar-refractivity contribution is 7.90. The van der Waals surface area contributed by atoms with Crippen LogP contribution in [0, 0.1) is 5.92 Å². The van der Waals surface area contributed by atoms with Gasteiger partial charge in [-0.2, -0.15) is 0 Å². The van der Waals surface area contributed by atoms with E-state index in [-0.39, 0.29) is 11.7 Å². The van der Waals surface area contributed by atoms with Crippen molar-refractivity contribution in [3.05, 3.63) is 28.3 Å². The second-order valence-electron chi connectivity index (χ2n) is 7.88. The molecule has 1 unspecified atom stereocenters. The summed E-state index contributed by atoms with van der Waals surface area (Å²) in [6.07, 6.45) is 7.17. The molecule has 0 aromatic heterocycles. The minimum atomic E-state index is -3.67. The summed E-state index contributed by atoms with van der Waals surface area (Å²) in [6, 6.07) is 1.65. The van der Waals surface area contributed by atoms with Crippen molar-refractivity contribution >= 4 is 21.7 Å². The Labute approximate surface area is 162 Å². The van der Waals surface area contributed by atoms with Crippen molar-refractivity contribution < 1.29 is 13.2 Å². The molecule has 1 aromatic rings. The van der Waals surface area contributed by atoms with Gasteiger partial charge in [-0.05, 0) is 86.2 Å². The SMILES string of the molecule is CCCNCC(C)CS(=O)(=O)NC(=O)Nc1c2c(cc3c1CCC3)CCC2. The Morgan fingerprint density at radius 3 is 2.33 bits per heavy atom. The Hall–Kier alpha value is -1.60. The summed E-state index contributed by atoms with van der Waals surface area (Å²) in [5, 5.41) is 6.09. The van der Waals surface area contributed by atoms with E-state index in [2.05, 4.69) is 28.3 Å². The molecule has 3 rings (SSSR count). The minimum absolute atomic E-state index is 0.0629. The molecule has 0 spiro atoms. The van der Waals surface area contributed by atoms with Crippen LogP contribution in [0.15, 0.2) is 6.07 Å². The molecule has 150 valence electrons. The van der Waals surface area contributed by atoms with Gasteiger partial charge in [0.1, 0.15) is 0 Å². The molecule has 7 heteroatoms. The van der Waals surface area contributed by atoms with Gasteiger partial charge in [0.2, 0.25) is 10.0 Å². The Kier molecular flexibility index (Phi) is 6.42. The van der Waals surface area contributed by atoms with Gasteiger partial charge in [-0.1, -0.05) is 19.9 Å². The molecule has 6 nitrogen and oxygen atoms in total. The number of nitrogens with one attached hydrogen (secondary N) is 3. The van der Waals surface area contributed by atoms with Crippen LogP contribution in [0.4, 0.5) is 10.5 Å². The second-order valence-corrected chi connectivity index (χ2v) is 9.65. The summed E-state index contributed by atoms with van der Waals surface area (Å²) < 4.78 is 26.9. The quantitative estimate of drug-likeness (QED) is 0.593. The fourth-order valence-electron chi connectivity index (χ4n) is 4.25. The lowest BCUT2D eigenvalue weighted by atomic mass is 9.99. The van der Waals surface area contributed by atoms with Crippen LogP contribution in [0.2, 0.25) is 0 Å². The average Bonchev–Trinajstić information content (AvgIpc) is 3.22. The van der Waals surface area contributed by atoms with Crippen LogP contribution < -0.4 is 15.4 Å². The van der Waals surface area contributed by atoms with Crippen molar-refractivity contribution in [2.24, 2.45) is 5.92 Å². The molecule has 0 bridgehead atoms. The number of hydrogen-bond acceptors (Lipinski definition) is 4. The molecule has 0 saturated heterocycles. The molecule has 0 fully saturated rings. The number of aryl methyl sites for hydroxylation is 2. The number of benzene rings is 1. The number of hydrogen-bond donors (Lipinski definition) is 3. The van der Waals surface area contributed by atoms with E-state index in [9.17, 15) is 13.2 Å². The normalized spacial score (nSPS) is 16.7. The molecule has 3 N–H and O–H groups in total. The van der Waals surface area contributed by atoms with Gasteiger partial charge in [0.05, 0.1) is 5.75 Å². The van der Waals surface area contributed by atoms with E-state index in [1.165, 1.54) is 22.3 Å². The van der Waals surface area contributed by atoms with E-state index in [4.69, 9.17) is 0 Å². The van der Waals surface area contributed by atoms with Crippen molar-refractivity contribution in [2.75, 3.05) is 24.2 Å². The first-order chi connectivity index (χ1) is 12.9. The van der Waals surface area contributed by atoms with Crippen LogP contribution in [0.1, 0.15) is 55.4 Å². The van der Waals surface area contributed by atoms with Crippen molar-refractivity contribution in [1.82, 2.24) is 10.0 Å². The van der Waals surface area contributed by atoms with E-state index in [1.54, 1.807) is 0 Å². The number of sulfonamides is 1. The largest absolute Gasteiger partial charge is 0.332 e. The summed E-state index contributed by atoms with van der Waals surface area (Å²) in [4.78, 5) is 12.5. The summed E-state index contributed by atoms with van der Waals surface area (Å²) in [6.45, 7) is 5.42. The lowest BCUT2D eigenvalue weighted by Gasteiger charge is -2.17. The monoisotopic (exact) mass is 393 g/mol. The predicted octanol–water partition coefficient (Wildman–Crippen LogP) is 2.75. The van der Waals surface area contributed by atoms with Crippen molar-refractivity contribution in [3.8, 4) is 0 Å². The maximum Gasteiger partial charge on any atom is 0.332 e. The number of urea groups is 1. The third-order valence-electron chi connectivity index (χ3n) is 5.38. The Balaban J connectivity index is 1.65. The minimum Gasteiger partial charge on any atom is -0.316 e. The highest BCUT2D eigenvalue weighted by Crippen LogP contribution is 2.38. The van der Waals surface area contributed by atoms with E-state index in [0.29, 0.717) is 6.54 Å². The van der Waals surface area contributed by atoms with Crippen LogP contribution in [-0.4, -0.2) is 33.3 Å². The Bertz CT molecular complexity index is 773. The van der Waals surface area contributed by atoms with Gasteiger partial charge < -0.3 is 10.6 Å². The van der Waals surface area contributed by atoms with E-state index < -0.39 is 16.1 Å². The number of fused-ring (bicyclic) bond motifs is 2. The number of rotatable bonds is 8. The number of carbonyl (C=O) groups excluding carboxylic acids is 1. The molecule has 2 aliphatic rings. The molecule has 1 aromatic carbocycles. The summed E-state index contributed by atoms with van der Waals surface area (Å²) in [5.74, 6) is -0.130. The van der Waals surface area contributed by atoms with Gasteiger partial charge in [-0.3, -0.25) is 0 Å². The zero-order chi connectivity index (χ0) is 19.4. The summed E-state index contributed by atoms with van der Waals surface area (Å²) in [5.41, 5.74) is 5.87. The van der Waals surface area contributed by atoms with Crippen molar-refractivity contribution in [1.29, 1.82) is 0 Å². The highest BCUT2D eigenvalue weighted by atomic mass is 32.2. The van der Waals surface area contributed by atoms with E-state index in [1.807, 2.05) is 6.92 Å². The predicted molar refractivity (Wildman–Crippen MR) is 109 cm³/mol. The van der Waals surface area contributed by atoms with Crippen molar-refractivity contribution in [3.63, 3.8) is 0 Å². The van der Waals surface area contributed by atoms with Crippen LogP contribution in [-0.2, 0) is 35.7 Å². The maximum atomic E-state index is 12.5. The fourth-order valence-corrected chi connectivity index (χ4v) is 5.53. The van der Waals surface area contributed by atoms with Crippen LogP contribution in [0.5, 0.6) is 0 Å². The maximum absolute atomic E-state index is 12.5.